The van der Waals surface area contributed by atoms with Crippen LogP contribution in [0.5, 0.6) is 0 Å². The molecule has 7 nitrogen and oxygen atoms in total. The molecule has 0 saturated carbocycles. The summed E-state index contributed by atoms with van der Waals surface area (Å²) in [6, 6.07) is -0.192. The number of ether oxygens (including phenoxy) is 2. The molecule has 0 radical (unpaired) electrons. The molecule has 102 valence electrons. The quantitative estimate of drug-likeness (QED) is 0.367. The second-order valence-electron chi connectivity index (χ2n) is 4.20. The molecule has 1 aliphatic heterocycles. The molecule has 0 bridgehead atoms. The molecular formula is C10H21NO6. The summed E-state index contributed by atoms with van der Waals surface area (Å²) in [6.07, 6.45) is -5.48. The van der Waals surface area contributed by atoms with E-state index in [1.54, 1.807) is 0 Å². The van der Waals surface area contributed by atoms with Crippen molar-refractivity contribution < 1.29 is 29.9 Å². The van der Waals surface area contributed by atoms with Crippen LogP contribution in [0.15, 0.2) is 0 Å². The van der Waals surface area contributed by atoms with E-state index in [-0.39, 0.29) is 12.6 Å². The molecule has 7 heteroatoms. The van der Waals surface area contributed by atoms with E-state index in [2.05, 4.69) is 0 Å². The maximum atomic E-state index is 9.62. The van der Waals surface area contributed by atoms with Crippen LogP contribution in [0.4, 0.5) is 0 Å². The SMILES string of the molecule is CCC(N)CO[C@@H]1O[C@H](CO)[C@@H](O)[C@H](O)[C@H]1O. The summed E-state index contributed by atoms with van der Waals surface area (Å²) >= 11 is 0. The van der Waals surface area contributed by atoms with Crippen LogP contribution < -0.4 is 5.73 Å². The van der Waals surface area contributed by atoms with Gasteiger partial charge in [0.25, 0.3) is 0 Å². The van der Waals surface area contributed by atoms with Crippen LogP contribution in [-0.2, 0) is 9.47 Å². The van der Waals surface area contributed by atoms with E-state index in [0.717, 1.165) is 0 Å². The highest BCUT2D eigenvalue weighted by Crippen LogP contribution is 2.21. The second-order valence-corrected chi connectivity index (χ2v) is 4.20. The smallest absolute Gasteiger partial charge is 0.186 e. The van der Waals surface area contributed by atoms with Gasteiger partial charge >= 0.3 is 0 Å². The lowest BCUT2D eigenvalue weighted by molar-refractivity contribution is -0.301. The molecule has 1 fully saturated rings. The molecule has 0 aromatic rings. The summed E-state index contributed by atoms with van der Waals surface area (Å²) in [5, 5.41) is 37.6. The first kappa shape index (κ1) is 14.8. The molecule has 0 aliphatic carbocycles. The Bertz CT molecular complexity index is 227. The summed E-state index contributed by atoms with van der Waals surface area (Å²) in [5.74, 6) is 0. The van der Waals surface area contributed by atoms with Gasteiger partial charge in [-0.1, -0.05) is 6.92 Å². The van der Waals surface area contributed by atoms with Crippen LogP contribution in [0, 0.1) is 0 Å². The van der Waals surface area contributed by atoms with E-state index in [9.17, 15) is 15.3 Å². The van der Waals surface area contributed by atoms with Crippen LogP contribution in [0.2, 0.25) is 0 Å². The van der Waals surface area contributed by atoms with E-state index in [1.165, 1.54) is 0 Å². The Morgan fingerprint density at radius 3 is 2.41 bits per heavy atom. The minimum Gasteiger partial charge on any atom is -0.394 e. The van der Waals surface area contributed by atoms with Crippen molar-refractivity contribution in [1.29, 1.82) is 0 Å². The zero-order valence-corrected chi connectivity index (χ0v) is 9.77. The van der Waals surface area contributed by atoms with Gasteiger partial charge in [0.1, 0.15) is 24.4 Å². The van der Waals surface area contributed by atoms with Gasteiger partial charge < -0.3 is 35.6 Å². The summed E-state index contributed by atoms with van der Waals surface area (Å²) in [6.45, 7) is 1.59. The van der Waals surface area contributed by atoms with Crippen molar-refractivity contribution in [2.45, 2.75) is 50.1 Å². The first-order valence-electron chi connectivity index (χ1n) is 5.69. The molecule has 1 aliphatic rings. The molecule has 1 unspecified atom stereocenters. The lowest BCUT2D eigenvalue weighted by Gasteiger charge is -2.39. The number of aliphatic hydroxyl groups excluding tert-OH is 4. The maximum absolute atomic E-state index is 9.62. The van der Waals surface area contributed by atoms with Gasteiger partial charge in [-0.2, -0.15) is 0 Å². The van der Waals surface area contributed by atoms with Gasteiger partial charge in [-0.15, -0.1) is 0 Å². The Hall–Kier alpha value is -0.280. The molecule has 0 aromatic carbocycles. The molecule has 1 saturated heterocycles. The van der Waals surface area contributed by atoms with Crippen LogP contribution in [-0.4, -0.2) is 70.4 Å². The average Bonchev–Trinajstić information content (AvgIpc) is 2.34. The van der Waals surface area contributed by atoms with Crippen molar-refractivity contribution in [3.05, 3.63) is 0 Å². The molecule has 1 heterocycles. The number of hydrogen-bond acceptors (Lipinski definition) is 7. The summed E-state index contributed by atoms with van der Waals surface area (Å²) in [7, 11) is 0. The highest BCUT2D eigenvalue weighted by Gasteiger charge is 2.43. The predicted molar refractivity (Wildman–Crippen MR) is 58.0 cm³/mol. The van der Waals surface area contributed by atoms with Crippen molar-refractivity contribution in [2.75, 3.05) is 13.2 Å². The molecule has 0 amide bonds. The minimum atomic E-state index is -1.41. The lowest BCUT2D eigenvalue weighted by atomic mass is 9.99. The van der Waals surface area contributed by atoms with Gasteiger partial charge in [0, 0.05) is 6.04 Å². The Morgan fingerprint density at radius 2 is 1.88 bits per heavy atom. The van der Waals surface area contributed by atoms with E-state index in [4.69, 9.17) is 20.3 Å². The van der Waals surface area contributed by atoms with Crippen molar-refractivity contribution in [3.63, 3.8) is 0 Å². The summed E-state index contributed by atoms with van der Waals surface area (Å²) < 4.78 is 10.4. The predicted octanol–water partition coefficient (Wildman–Crippen LogP) is -2.46. The third kappa shape index (κ3) is 3.59. The average molecular weight is 251 g/mol. The Labute approximate surface area is 99.8 Å². The van der Waals surface area contributed by atoms with Gasteiger partial charge in [0.15, 0.2) is 6.29 Å². The molecule has 0 spiro atoms. The third-order valence-electron chi connectivity index (χ3n) is 2.85. The van der Waals surface area contributed by atoms with Crippen LogP contribution in [0.1, 0.15) is 13.3 Å². The number of aliphatic hydroxyl groups is 4. The zero-order chi connectivity index (χ0) is 13.0. The normalized spacial score (nSPS) is 40.2. The Balaban J connectivity index is 2.53. The van der Waals surface area contributed by atoms with Crippen LogP contribution in [0.25, 0.3) is 0 Å². The Morgan fingerprint density at radius 1 is 1.24 bits per heavy atom. The van der Waals surface area contributed by atoms with E-state index >= 15 is 0 Å². The number of rotatable bonds is 5. The van der Waals surface area contributed by atoms with Crippen molar-refractivity contribution >= 4 is 0 Å². The fraction of sp³-hybridized carbons (Fsp3) is 1.00. The maximum Gasteiger partial charge on any atom is 0.186 e. The number of nitrogens with two attached hydrogens (primary N) is 1. The fourth-order valence-electron chi connectivity index (χ4n) is 1.54. The molecule has 1 rings (SSSR count). The molecular weight excluding hydrogens is 230 g/mol. The minimum absolute atomic E-state index is 0.166. The van der Waals surface area contributed by atoms with Crippen molar-refractivity contribution in [3.8, 4) is 0 Å². The van der Waals surface area contributed by atoms with Gasteiger partial charge in [-0.25, -0.2) is 0 Å². The number of hydrogen-bond donors (Lipinski definition) is 5. The molecule has 6 atom stereocenters. The zero-order valence-electron chi connectivity index (χ0n) is 9.77. The molecule has 17 heavy (non-hydrogen) atoms. The highest BCUT2D eigenvalue weighted by molar-refractivity contribution is 4.88. The van der Waals surface area contributed by atoms with E-state index in [0.29, 0.717) is 6.42 Å². The first-order valence-corrected chi connectivity index (χ1v) is 5.69. The van der Waals surface area contributed by atoms with E-state index < -0.39 is 37.3 Å². The van der Waals surface area contributed by atoms with Crippen molar-refractivity contribution in [1.82, 2.24) is 0 Å². The van der Waals surface area contributed by atoms with Gasteiger partial charge in [-0.05, 0) is 6.42 Å². The summed E-state index contributed by atoms with van der Waals surface area (Å²) in [5.41, 5.74) is 5.64. The lowest BCUT2D eigenvalue weighted by Crippen LogP contribution is -2.59. The van der Waals surface area contributed by atoms with Crippen LogP contribution >= 0.6 is 0 Å². The fourth-order valence-corrected chi connectivity index (χ4v) is 1.54. The summed E-state index contributed by atoms with van der Waals surface area (Å²) in [4.78, 5) is 0. The van der Waals surface area contributed by atoms with Gasteiger partial charge in [0.2, 0.25) is 0 Å². The largest absolute Gasteiger partial charge is 0.394 e. The standard InChI is InChI=1S/C10H21NO6/c1-2-5(11)4-16-10-9(15)8(14)7(13)6(3-12)17-10/h5-10,12-15H,2-4,11H2,1H3/t5?,6-,7-,8+,9-,10-/m1/s1. The third-order valence-corrected chi connectivity index (χ3v) is 2.85. The van der Waals surface area contributed by atoms with Gasteiger partial charge in [0.05, 0.1) is 13.2 Å². The molecule has 0 aromatic heterocycles. The highest BCUT2D eigenvalue weighted by atomic mass is 16.7. The van der Waals surface area contributed by atoms with E-state index in [1.807, 2.05) is 6.92 Å². The molecule has 6 N–H and O–H groups in total. The monoisotopic (exact) mass is 251 g/mol. The second kappa shape index (κ2) is 6.60. The van der Waals surface area contributed by atoms with Crippen LogP contribution in [0.3, 0.4) is 0 Å². The Kier molecular flexibility index (Phi) is 5.74. The first-order chi connectivity index (χ1) is 8.01. The topological polar surface area (TPSA) is 125 Å². The van der Waals surface area contributed by atoms with Crippen molar-refractivity contribution in [2.24, 2.45) is 5.73 Å². The van der Waals surface area contributed by atoms with Gasteiger partial charge in [-0.3, -0.25) is 0 Å².